The lowest BCUT2D eigenvalue weighted by atomic mass is 9.81. The van der Waals surface area contributed by atoms with E-state index >= 15 is 0 Å². The first-order chi connectivity index (χ1) is 10.1. The third-order valence-corrected chi connectivity index (χ3v) is 4.31. The second-order valence-corrected chi connectivity index (χ2v) is 5.79. The molecule has 2 nitrogen and oxygen atoms in total. The van der Waals surface area contributed by atoms with Crippen molar-refractivity contribution in [2.24, 2.45) is 5.73 Å². The maximum atomic E-state index is 13.5. The van der Waals surface area contributed by atoms with Gasteiger partial charge in [-0.2, -0.15) is 0 Å². The lowest BCUT2D eigenvalue weighted by Crippen LogP contribution is -2.44. The molecule has 2 atom stereocenters. The molecule has 2 N–H and O–H groups in total. The van der Waals surface area contributed by atoms with E-state index in [4.69, 9.17) is 10.5 Å². The van der Waals surface area contributed by atoms with Gasteiger partial charge in [0.05, 0.1) is 0 Å². The van der Waals surface area contributed by atoms with Crippen LogP contribution in [0.4, 0.5) is 4.39 Å². The highest BCUT2D eigenvalue weighted by Crippen LogP contribution is 2.41. The standard InChI is InChI=1S/C18H20FNO/c1-2-18(11-13-6-4-3-5-7-13)12-16(20)15-9-8-14(19)10-17(15)21-18/h3-10,16H,2,11-12,20H2,1H3. The van der Waals surface area contributed by atoms with Gasteiger partial charge in [0.1, 0.15) is 17.2 Å². The molecule has 1 heterocycles. The highest BCUT2D eigenvalue weighted by atomic mass is 19.1. The minimum atomic E-state index is -0.360. The monoisotopic (exact) mass is 285 g/mol. The highest BCUT2D eigenvalue weighted by Gasteiger charge is 2.38. The van der Waals surface area contributed by atoms with Crippen LogP contribution in [0.15, 0.2) is 48.5 Å². The van der Waals surface area contributed by atoms with Gasteiger partial charge in [0.15, 0.2) is 0 Å². The Labute approximate surface area is 124 Å². The van der Waals surface area contributed by atoms with E-state index in [1.165, 1.54) is 17.7 Å². The summed E-state index contributed by atoms with van der Waals surface area (Å²) in [6, 6.07) is 14.7. The number of hydrogen-bond donors (Lipinski definition) is 1. The van der Waals surface area contributed by atoms with E-state index in [2.05, 4.69) is 19.1 Å². The summed E-state index contributed by atoms with van der Waals surface area (Å²) in [5.74, 6) is 0.305. The van der Waals surface area contributed by atoms with E-state index in [0.29, 0.717) is 5.75 Å². The van der Waals surface area contributed by atoms with Crippen molar-refractivity contribution in [2.75, 3.05) is 0 Å². The SMILES string of the molecule is CCC1(Cc2ccccc2)CC(N)c2ccc(F)cc2O1. The summed E-state index contributed by atoms with van der Waals surface area (Å²) in [6.07, 6.45) is 2.37. The molecule has 0 saturated carbocycles. The first-order valence-electron chi connectivity index (χ1n) is 7.40. The molecular formula is C18H20FNO. The molecule has 1 aliphatic heterocycles. The third-order valence-electron chi connectivity index (χ3n) is 4.31. The summed E-state index contributed by atoms with van der Waals surface area (Å²) in [5, 5.41) is 0. The van der Waals surface area contributed by atoms with Crippen molar-refractivity contribution in [1.82, 2.24) is 0 Å². The third kappa shape index (κ3) is 2.79. The molecule has 2 aromatic carbocycles. The first-order valence-corrected chi connectivity index (χ1v) is 7.40. The van der Waals surface area contributed by atoms with E-state index in [1.807, 2.05) is 18.2 Å². The Kier molecular flexibility index (Phi) is 3.68. The fourth-order valence-electron chi connectivity index (χ4n) is 3.11. The number of benzene rings is 2. The minimum Gasteiger partial charge on any atom is -0.486 e. The predicted octanol–water partition coefficient (Wildman–Crippen LogP) is 4.00. The van der Waals surface area contributed by atoms with Crippen molar-refractivity contribution in [3.63, 3.8) is 0 Å². The number of nitrogens with two attached hydrogens (primary N) is 1. The summed E-state index contributed by atoms with van der Waals surface area (Å²) in [5.41, 5.74) is 8.05. The molecule has 0 fully saturated rings. The molecule has 0 aliphatic carbocycles. The van der Waals surface area contributed by atoms with Gasteiger partial charge in [0, 0.05) is 30.5 Å². The van der Waals surface area contributed by atoms with Crippen LogP contribution in [0.2, 0.25) is 0 Å². The number of rotatable bonds is 3. The summed E-state index contributed by atoms with van der Waals surface area (Å²) in [6.45, 7) is 2.10. The zero-order chi connectivity index (χ0) is 14.9. The largest absolute Gasteiger partial charge is 0.486 e. The Morgan fingerprint density at radius 3 is 2.71 bits per heavy atom. The van der Waals surface area contributed by atoms with Gasteiger partial charge in [-0.05, 0) is 18.1 Å². The lowest BCUT2D eigenvalue weighted by molar-refractivity contribution is 0.0318. The zero-order valence-electron chi connectivity index (χ0n) is 12.2. The Balaban J connectivity index is 1.94. The first kappa shape index (κ1) is 14.1. The molecule has 110 valence electrons. The van der Waals surface area contributed by atoms with Crippen molar-refractivity contribution in [3.8, 4) is 5.75 Å². The zero-order valence-corrected chi connectivity index (χ0v) is 12.2. The predicted molar refractivity (Wildman–Crippen MR) is 81.7 cm³/mol. The topological polar surface area (TPSA) is 35.2 Å². The van der Waals surface area contributed by atoms with Crippen LogP contribution in [0, 0.1) is 5.82 Å². The molecule has 2 unspecified atom stereocenters. The van der Waals surface area contributed by atoms with Crippen molar-refractivity contribution in [2.45, 2.75) is 37.8 Å². The van der Waals surface area contributed by atoms with Crippen LogP contribution in [-0.2, 0) is 6.42 Å². The Bertz CT molecular complexity index is 628. The fraction of sp³-hybridized carbons (Fsp3) is 0.333. The van der Waals surface area contributed by atoms with E-state index in [-0.39, 0.29) is 17.5 Å². The van der Waals surface area contributed by atoms with Gasteiger partial charge in [0.25, 0.3) is 0 Å². The average Bonchev–Trinajstić information content (AvgIpc) is 2.47. The maximum absolute atomic E-state index is 13.5. The number of halogens is 1. The second-order valence-electron chi connectivity index (χ2n) is 5.79. The quantitative estimate of drug-likeness (QED) is 0.925. The van der Waals surface area contributed by atoms with Gasteiger partial charge in [0.2, 0.25) is 0 Å². The van der Waals surface area contributed by atoms with Crippen molar-refractivity contribution >= 4 is 0 Å². The van der Waals surface area contributed by atoms with Crippen molar-refractivity contribution < 1.29 is 9.13 Å². The van der Waals surface area contributed by atoms with E-state index in [9.17, 15) is 4.39 Å². The normalized spacial score (nSPS) is 24.2. The molecule has 0 saturated heterocycles. The molecule has 3 heteroatoms. The van der Waals surface area contributed by atoms with Crippen LogP contribution < -0.4 is 10.5 Å². The van der Waals surface area contributed by atoms with Crippen LogP contribution in [0.25, 0.3) is 0 Å². The van der Waals surface area contributed by atoms with Crippen LogP contribution in [0.3, 0.4) is 0 Å². The molecule has 21 heavy (non-hydrogen) atoms. The molecule has 2 aromatic rings. The number of fused-ring (bicyclic) bond motifs is 1. The molecule has 0 bridgehead atoms. The van der Waals surface area contributed by atoms with E-state index in [0.717, 1.165) is 24.8 Å². The lowest BCUT2D eigenvalue weighted by Gasteiger charge is -2.41. The average molecular weight is 285 g/mol. The molecule has 0 radical (unpaired) electrons. The van der Waals surface area contributed by atoms with Gasteiger partial charge in [-0.15, -0.1) is 0 Å². The summed E-state index contributed by atoms with van der Waals surface area (Å²) < 4.78 is 19.7. The molecule has 1 aliphatic rings. The van der Waals surface area contributed by atoms with Gasteiger partial charge in [-0.1, -0.05) is 43.3 Å². The molecule has 3 rings (SSSR count). The summed E-state index contributed by atoms with van der Waals surface area (Å²) in [4.78, 5) is 0. The Morgan fingerprint density at radius 2 is 2.00 bits per heavy atom. The van der Waals surface area contributed by atoms with Gasteiger partial charge in [-0.3, -0.25) is 0 Å². The molecular weight excluding hydrogens is 265 g/mol. The summed E-state index contributed by atoms with van der Waals surface area (Å²) in [7, 11) is 0. The molecule has 0 amide bonds. The van der Waals surface area contributed by atoms with E-state index < -0.39 is 0 Å². The van der Waals surface area contributed by atoms with Gasteiger partial charge < -0.3 is 10.5 Å². The second kappa shape index (κ2) is 5.49. The van der Waals surface area contributed by atoms with E-state index in [1.54, 1.807) is 6.07 Å². The Morgan fingerprint density at radius 1 is 1.24 bits per heavy atom. The Hall–Kier alpha value is -1.87. The van der Waals surface area contributed by atoms with Gasteiger partial charge >= 0.3 is 0 Å². The van der Waals surface area contributed by atoms with Crippen LogP contribution in [0.5, 0.6) is 5.75 Å². The number of hydrogen-bond acceptors (Lipinski definition) is 2. The van der Waals surface area contributed by atoms with Gasteiger partial charge in [-0.25, -0.2) is 4.39 Å². The molecule has 0 aromatic heterocycles. The minimum absolute atomic E-state index is 0.113. The van der Waals surface area contributed by atoms with Crippen LogP contribution >= 0.6 is 0 Å². The van der Waals surface area contributed by atoms with Crippen molar-refractivity contribution in [1.29, 1.82) is 0 Å². The maximum Gasteiger partial charge on any atom is 0.127 e. The fourth-order valence-corrected chi connectivity index (χ4v) is 3.11. The van der Waals surface area contributed by atoms with Crippen molar-refractivity contribution in [3.05, 3.63) is 65.5 Å². The smallest absolute Gasteiger partial charge is 0.127 e. The molecule has 0 spiro atoms. The number of ether oxygens (including phenoxy) is 1. The summed E-state index contributed by atoms with van der Waals surface area (Å²) >= 11 is 0. The van der Waals surface area contributed by atoms with Crippen LogP contribution in [0.1, 0.15) is 36.9 Å². The van der Waals surface area contributed by atoms with Crippen LogP contribution in [-0.4, -0.2) is 5.60 Å². The highest BCUT2D eigenvalue weighted by molar-refractivity contribution is 5.39.